The molecule has 1 heterocycles. The number of hydrogen-bond acceptors (Lipinski definition) is 7. The third-order valence-electron chi connectivity index (χ3n) is 3.73. The molecule has 0 aromatic heterocycles. The molecule has 2 rings (SSSR count). The van der Waals surface area contributed by atoms with Crippen LogP contribution in [0.2, 0.25) is 0 Å². The molecule has 1 aliphatic heterocycles. The Labute approximate surface area is 174 Å². The lowest BCUT2D eigenvalue weighted by atomic mass is 10.1. The topological polar surface area (TPSA) is 94.2 Å². The summed E-state index contributed by atoms with van der Waals surface area (Å²) >= 11 is 5.03. The van der Waals surface area contributed by atoms with Gasteiger partial charge in [0.2, 0.25) is 0 Å². The number of amides is 2. The van der Waals surface area contributed by atoms with Crippen LogP contribution in [-0.2, 0) is 19.1 Å². The van der Waals surface area contributed by atoms with Crippen LogP contribution in [0.1, 0.15) is 19.4 Å². The molecule has 8 nitrogen and oxygen atoms in total. The van der Waals surface area contributed by atoms with Crippen molar-refractivity contribution in [1.29, 1.82) is 0 Å². The van der Waals surface area contributed by atoms with Gasteiger partial charge in [-0.05, 0) is 49.8 Å². The number of rotatable bonds is 9. The number of benzene rings is 1. The molecular weight excluding hydrogens is 396 g/mol. The molecule has 0 atom stereocenters. The molecule has 0 bridgehead atoms. The van der Waals surface area contributed by atoms with E-state index in [4.69, 9.17) is 26.4 Å². The number of thiocarbonyl (C=S) groups is 1. The summed E-state index contributed by atoms with van der Waals surface area (Å²) in [6, 6.07) is 4.84. The summed E-state index contributed by atoms with van der Waals surface area (Å²) in [5, 5.41) is 2.52. The van der Waals surface area contributed by atoms with Crippen molar-refractivity contribution in [1.82, 2.24) is 10.2 Å². The molecule has 1 N–H and O–H groups in total. The second kappa shape index (κ2) is 10.4. The molecule has 0 saturated carbocycles. The van der Waals surface area contributed by atoms with Gasteiger partial charge in [0.25, 0.3) is 11.8 Å². The minimum Gasteiger partial charge on any atom is -0.490 e. The first kappa shape index (κ1) is 22.1. The van der Waals surface area contributed by atoms with Crippen LogP contribution in [0, 0.1) is 0 Å². The molecule has 1 saturated heterocycles. The van der Waals surface area contributed by atoms with Crippen molar-refractivity contribution < 1.29 is 28.6 Å². The van der Waals surface area contributed by atoms with Crippen LogP contribution < -0.4 is 14.8 Å². The van der Waals surface area contributed by atoms with Crippen LogP contribution in [0.4, 0.5) is 0 Å². The number of carbonyl (C=O) groups is 3. The van der Waals surface area contributed by atoms with Crippen molar-refractivity contribution in [3.05, 3.63) is 42.0 Å². The van der Waals surface area contributed by atoms with Gasteiger partial charge in [0.1, 0.15) is 5.57 Å². The van der Waals surface area contributed by atoms with Crippen LogP contribution in [0.25, 0.3) is 6.08 Å². The molecular formula is C20H22N2O6S. The van der Waals surface area contributed by atoms with Gasteiger partial charge >= 0.3 is 5.97 Å². The molecule has 0 radical (unpaired) electrons. The summed E-state index contributed by atoms with van der Waals surface area (Å²) in [4.78, 5) is 37.6. The first-order valence-electron chi connectivity index (χ1n) is 8.96. The fraction of sp³-hybridized carbons (Fsp3) is 0.300. The molecule has 0 aliphatic carbocycles. The van der Waals surface area contributed by atoms with Gasteiger partial charge in [-0.1, -0.05) is 12.1 Å². The Morgan fingerprint density at radius 2 is 1.97 bits per heavy atom. The van der Waals surface area contributed by atoms with Crippen LogP contribution >= 0.6 is 12.2 Å². The Hall–Kier alpha value is -3.20. The quantitative estimate of drug-likeness (QED) is 0.215. The van der Waals surface area contributed by atoms with Crippen molar-refractivity contribution in [2.75, 3.05) is 26.4 Å². The van der Waals surface area contributed by atoms with Gasteiger partial charge < -0.3 is 14.2 Å². The third kappa shape index (κ3) is 5.64. The van der Waals surface area contributed by atoms with Crippen molar-refractivity contribution in [3.8, 4) is 11.5 Å². The normalized spacial score (nSPS) is 15.2. The Bertz CT molecular complexity index is 865. The van der Waals surface area contributed by atoms with E-state index in [1.807, 2.05) is 0 Å². The number of ether oxygens (including phenoxy) is 3. The molecule has 1 aromatic carbocycles. The smallest absolute Gasteiger partial charge is 0.344 e. The minimum absolute atomic E-state index is 0.0368. The second-order valence-corrected chi connectivity index (χ2v) is 6.14. The van der Waals surface area contributed by atoms with E-state index < -0.39 is 17.8 Å². The highest BCUT2D eigenvalue weighted by atomic mass is 32.1. The fourth-order valence-corrected chi connectivity index (χ4v) is 2.75. The Morgan fingerprint density at radius 3 is 2.62 bits per heavy atom. The zero-order chi connectivity index (χ0) is 21.4. The van der Waals surface area contributed by atoms with E-state index >= 15 is 0 Å². The lowest BCUT2D eigenvalue weighted by molar-refractivity contribution is -0.145. The maximum absolute atomic E-state index is 12.6. The van der Waals surface area contributed by atoms with E-state index in [-0.39, 0.29) is 30.4 Å². The van der Waals surface area contributed by atoms with E-state index in [9.17, 15) is 14.4 Å². The van der Waals surface area contributed by atoms with Crippen molar-refractivity contribution in [2.24, 2.45) is 0 Å². The Morgan fingerprint density at radius 1 is 1.21 bits per heavy atom. The molecule has 29 heavy (non-hydrogen) atoms. The van der Waals surface area contributed by atoms with Gasteiger partial charge in [-0.25, -0.2) is 4.79 Å². The SMILES string of the molecule is C=CCN1C(=O)/C(=C/c2ccc(OCC(=O)OCC)c(OCC)c2)C(=O)NC1=S. The van der Waals surface area contributed by atoms with E-state index in [0.29, 0.717) is 23.7 Å². The molecule has 0 unspecified atom stereocenters. The summed E-state index contributed by atoms with van der Waals surface area (Å²) < 4.78 is 15.8. The largest absolute Gasteiger partial charge is 0.490 e. The minimum atomic E-state index is -0.582. The first-order chi connectivity index (χ1) is 13.9. The van der Waals surface area contributed by atoms with E-state index in [2.05, 4.69) is 11.9 Å². The number of carbonyl (C=O) groups excluding carboxylic acids is 3. The molecule has 154 valence electrons. The van der Waals surface area contributed by atoms with E-state index in [0.717, 1.165) is 0 Å². The van der Waals surface area contributed by atoms with E-state index in [1.165, 1.54) is 17.1 Å². The van der Waals surface area contributed by atoms with Crippen LogP contribution in [-0.4, -0.2) is 54.2 Å². The van der Waals surface area contributed by atoms with Crippen molar-refractivity contribution in [2.45, 2.75) is 13.8 Å². The van der Waals surface area contributed by atoms with Gasteiger partial charge in [-0.2, -0.15) is 0 Å². The number of esters is 1. The Kier molecular flexibility index (Phi) is 7.90. The second-order valence-electron chi connectivity index (χ2n) is 5.75. The number of hydrogen-bond donors (Lipinski definition) is 1. The monoisotopic (exact) mass is 418 g/mol. The molecule has 1 aromatic rings. The van der Waals surface area contributed by atoms with Crippen LogP contribution in [0.15, 0.2) is 36.4 Å². The fourth-order valence-electron chi connectivity index (χ4n) is 2.50. The van der Waals surface area contributed by atoms with Crippen molar-refractivity contribution in [3.63, 3.8) is 0 Å². The number of nitrogens with zero attached hydrogens (tertiary/aromatic N) is 1. The summed E-state index contributed by atoms with van der Waals surface area (Å²) in [5.74, 6) is -0.881. The van der Waals surface area contributed by atoms with Gasteiger partial charge in [-0.3, -0.25) is 19.8 Å². The third-order valence-corrected chi connectivity index (χ3v) is 4.05. The van der Waals surface area contributed by atoms with Gasteiger partial charge in [0, 0.05) is 6.54 Å². The molecule has 2 amide bonds. The zero-order valence-corrected chi connectivity index (χ0v) is 17.0. The predicted molar refractivity (Wildman–Crippen MR) is 110 cm³/mol. The van der Waals surface area contributed by atoms with Gasteiger partial charge in [0.05, 0.1) is 13.2 Å². The van der Waals surface area contributed by atoms with Gasteiger partial charge in [-0.15, -0.1) is 6.58 Å². The van der Waals surface area contributed by atoms with Crippen LogP contribution in [0.5, 0.6) is 11.5 Å². The maximum atomic E-state index is 12.6. The highest BCUT2D eigenvalue weighted by Crippen LogP contribution is 2.30. The Balaban J connectivity index is 2.29. The van der Waals surface area contributed by atoms with Gasteiger partial charge in [0.15, 0.2) is 23.2 Å². The summed E-state index contributed by atoms with van der Waals surface area (Å²) in [6.07, 6.45) is 2.95. The summed E-state index contributed by atoms with van der Waals surface area (Å²) in [6.45, 7) is 7.63. The summed E-state index contributed by atoms with van der Waals surface area (Å²) in [5.41, 5.74) is 0.477. The molecule has 1 fully saturated rings. The van der Waals surface area contributed by atoms with Crippen molar-refractivity contribution >= 4 is 41.2 Å². The predicted octanol–water partition coefficient (Wildman–Crippen LogP) is 1.84. The highest BCUT2D eigenvalue weighted by Gasteiger charge is 2.32. The van der Waals surface area contributed by atoms with E-state index in [1.54, 1.807) is 32.0 Å². The first-order valence-corrected chi connectivity index (χ1v) is 9.37. The number of nitrogens with one attached hydrogen (secondary N) is 1. The standard InChI is InChI=1S/C20H22N2O6S/c1-4-9-22-19(25)14(18(24)21-20(22)29)10-13-7-8-15(16(11-13)26-5-2)28-12-17(23)27-6-3/h4,7-8,10-11H,1,5-6,9,12H2,2-3H3,(H,21,24,29)/b14-10+. The van der Waals surface area contributed by atoms with Crippen LogP contribution in [0.3, 0.4) is 0 Å². The molecule has 9 heteroatoms. The maximum Gasteiger partial charge on any atom is 0.344 e. The lowest BCUT2D eigenvalue weighted by Gasteiger charge is -2.27. The zero-order valence-electron chi connectivity index (χ0n) is 16.2. The lowest BCUT2D eigenvalue weighted by Crippen LogP contribution is -2.53. The highest BCUT2D eigenvalue weighted by molar-refractivity contribution is 7.80. The molecule has 1 aliphatic rings. The average Bonchev–Trinajstić information content (AvgIpc) is 2.68. The average molecular weight is 418 g/mol. The molecule has 0 spiro atoms. The summed E-state index contributed by atoms with van der Waals surface area (Å²) in [7, 11) is 0.